The number of halogens is 4. The molecule has 1 aromatic heterocycles. The number of H-pyrrole nitrogens is 1. The predicted octanol–water partition coefficient (Wildman–Crippen LogP) is 5.93. The zero-order chi connectivity index (χ0) is 13.6. The van der Waals surface area contributed by atoms with Crippen LogP contribution in [0.25, 0.3) is 22.0 Å². The van der Waals surface area contributed by atoms with E-state index in [1.807, 2.05) is 6.07 Å². The van der Waals surface area contributed by atoms with Gasteiger partial charge in [0.15, 0.2) is 0 Å². The number of rotatable bonds is 1. The fourth-order valence-electron chi connectivity index (χ4n) is 2.02. The van der Waals surface area contributed by atoms with Crippen molar-refractivity contribution in [3.63, 3.8) is 0 Å². The van der Waals surface area contributed by atoms with Crippen LogP contribution in [0.2, 0.25) is 15.1 Å². The molecule has 1 N–H and O–H groups in total. The van der Waals surface area contributed by atoms with Gasteiger partial charge in [-0.1, -0.05) is 34.8 Å². The number of hydrogen-bond acceptors (Lipinski definition) is 0. The molecule has 5 heteroatoms. The summed E-state index contributed by atoms with van der Waals surface area (Å²) in [4.78, 5) is 2.97. The molecule has 1 nitrogen and oxygen atoms in total. The highest BCUT2D eigenvalue weighted by molar-refractivity contribution is 6.44. The number of aromatic amines is 1. The van der Waals surface area contributed by atoms with Gasteiger partial charge >= 0.3 is 0 Å². The minimum absolute atomic E-state index is 0.309. The molecule has 0 spiro atoms. The molecule has 0 aliphatic heterocycles. The summed E-state index contributed by atoms with van der Waals surface area (Å²) in [6.07, 6.45) is 1.69. The first-order valence-electron chi connectivity index (χ1n) is 5.48. The second kappa shape index (κ2) is 4.71. The standard InChI is InChI=1S/C14H7Cl3FN/c15-10-6-12(17)11(16)5-9(10)7-3-13(18)8-1-2-19-14(8)4-7/h1-6,19H. The van der Waals surface area contributed by atoms with Crippen molar-refractivity contribution >= 4 is 45.7 Å². The Hall–Kier alpha value is -1.22. The topological polar surface area (TPSA) is 15.8 Å². The lowest BCUT2D eigenvalue weighted by Gasteiger charge is -2.07. The molecular formula is C14H7Cl3FN. The molecule has 0 atom stereocenters. The molecule has 3 rings (SSSR count). The van der Waals surface area contributed by atoms with Gasteiger partial charge in [-0.2, -0.15) is 0 Å². The molecule has 0 radical (unpaired) electrons. The van der Waals surface area contributed by atoms with E-state index >= 15 is 0 Å². The maximum absolute atomic E-state index is 14.0. The summed E-state index contributed by atoms with van der Waals surface area (Å²) in [6.45, 7) is 0. The lowest BCUT2D eigenvalue weighted by molar-refractivity contribution is 0.640. The van der Waals surface area contributed by atoms with Crippen LogP contribution in [0.3, 0.4) is 0 Å². The van der Waals surface area contributed by atoms with Crippen LogP contribution in [0.15, 0.2) is 36.5 Å². The molecule has 3 aromatic rings. The molecule has 0 unspecified atom stereocenters. The third-order valence-corrected chi connectivity index (χ3v) is 3.97. The molecule has 0 bridgehead atoms. The Labute approximate surface area is 123 Å². The van der Waals surface area contributed by atoms with Crippen molar-refractivity contribution in [3.8, 4) is 11.1 Å². The maximum Gasteiger partial charge on any atom is 0.133 e. The summed E-state index contributed by atoms with van der Waals surface area (Å²) in [7, 11) is 0. The Morgan fingerprint density at radius 2 is 1.63 bits per heavy atom. The molecule has 0 saturated carbocycles. The van der Waals surface area contributed by atoms with Crippen molar-refractivity contribution < 1.29 is 4.39 Å². The molecule has 19 heavy (non-hydrogen) atoms. The van der Waals surface area contributed by atoms with E-state index in [1.54, 1.807) is 24.4 Å². The van der Waals surface area contributed by atoms with E-state index < -0.39 is 0 Å². The van der Waals surface area contributed by atoms with Gasteiger partial charge in [0.25, 0.3) is 0 Å². The van der Waals surface area contributed by atoms with Gasteiger partial charge in [0.2, 0.25) is 0 Å². The molecule has 2 aromatic carbocycles. The van der Waals surface area contributed by atoms with Crippen molar-refractivity contribution in [3.05, 3.63) is 57.4 Å². The van der Waals surface area contributed by atoms with Crippen molar-refractivity contribution in [2.45, 2.75) is 0 Å². The molecule has 1 heterocycles. The highest BCUT2D eigenvalue weighted by Gasteiger charge is 2.11. The number of nitrogens with one attached hydrogen (secondary N) is 1. The summed E-state index contributed by atoms with van der Waals surface area (Å²) < 4.78 is 14.0. The zero-order valence-corrected chi connectivity index (χ0v) is 11.7. The average Bonchev–Trinajstić information content (AvgIpc) is 2.82. The molecule has 0 aliphatic rings. The number of benzene rings is 2. The van der Waals surface area contributed by atoms with Gasteiger partial charge in [-0.15, -0.1) is 0 Å². The van der Waals surface area contributed by atoms with E-state index in [2.05, 4.69) is 4.98 Å². The van der Waals surface area contributed by atoms with Crippen LogP contribution in [0.5, 0.6) is 0 Å². The monoisotopic (exact) mass is 313 g/mol. The van der Waals surface area contributed by atoms with Crippen LogP contribution < -0.4 is 0 Å². The first kappa shape index (κ1) is 12.8. The van der Waals surface area contributed by atoms with Gasteiger partial charge in [-0.05, 0) is 35.9 Å². The lowest BCUT2D eigenvalue weighted by Crippen LogP contribution is -1.85. The first-order valence-corrected chi connectivity index (χ1v) is 6.61. The van der Waals surface area contributed by atoms with Gasteiger partial charge in [0, 0.05) is 27.7 Å². The van der Waals surface area contributed by atoms with E-state index in [4.69, 9.17) is 34.8 Å². The Bertz CT molecular complexity index is 780. The van der Waals surface area contributed by atoms with E-state index in [-0.39, 0.29) is 5.82 Å². The summed E-state index contributed by atoms with van der Waals surface area (Å²) in [5.74, 6) is -0.309. The summed E-state index contributed by atoms with van der Waals surface area (Å²) in [5.41, 5.74) is 2.00. The fraction of sp³-hybridized carbons (Fsp3) is 0. The van der Waals surface area contributed by atoms with E-state index in [9.17, 15) is 4.39 Å². The second-order valence-electron chi connectivity index (χ2n) is 4.14. The number of hydrogen-bond donors (Lipinski definition) is 1. The van der Waals surface area contributed by atoms with Crippen molar-refractivity contribution in [1.82, 2.24) is 4.98 Å². The van der Waals surface area contributed by atoms with Gasteiger partial charge in [-0.3, -0.25) is 0 Å². The maximum atomic E-state index is 14.0. The highest BCUT2D eigenvalue weighted by Crippen LogP contribution is 2.36. The SMILES string of the molecule is Fc1cc(-c2cc(Cl)c(Cl)cc2Cl)cc2[nH]ccc12. The molecule has 96 valence electrons. The predicted molar refractivity (Wildman–Crippen MR) is 78.7 cm³/mol. The number of fused-ring (bicyclic) bond motifs is 1. The van der Waals surface area contributed by atoms with Crippen LogP contribution in [-0.2, 0) is 0 Å². The minimum atomic E-state index is -0.309. The summed E-state index contributed by atoms with van der Waals surface area (Å²) >= 11 is 18.0. The van der Waals surface area contributed by atoms with Crippen LogP contribution in [0, 0.1) is 5.82 Å². The van der Waals surface area contributed by atoms with Crippen LogP contribution in [-0.4, -0.2) is 4.98 Å². The summed E-state index contributed by atoms with van der Waals surface area (Å²) in [5, 5.41) is 1.73. The number of aromatic nitrogens is 1. The highest BCUT2D eigenvalue weighted by atomic mass is 35.5. The lowest BCUT2D eigenvalue weighted by atomic mass is 10.0. The van der Waals surface area contributed by atoms with Crippen LogP contribution >= 0.6 is 34.8 Å². The molecular weight excluding hydrogens is 308 g/mol. The second-order valence-corrected chi connectivity index (χ2v) is 5.36. The van der Waals surface area contributed by atoms with Crippen molar-refractivity contribution in [2.24, 2.45) is 0 Å². The Kier molecular flexibility index (Phi) is 3.17. The van der Waals surface area contributed by atoms with E-state index in [0.29, 0.717) is 37.1 Å². The van der Waals surface area contributed by atoms with Crippen LogP contribution in [0.4, 0.5) is 4.39 Å². The quantitative estimate of drug-likeness (QED) is 0.535. The van der Waals surface area contributed by atoms with Crippen molar-refractivity contribution in [2.75, 3.05) is 0 Å². The van der Waals surface area contributed by atoms with Gasteiger partial charge in [0.1, 0.15) is 5.82 Å². The third kappa shape index (κ3) is 2.20. The van der Waals surface area contributed by atoms with E-state index in [0.717, 1.165) is 0 Å². The van der Waals surface area contributed by atoms with Gasteiger partial charge < -0.3 is 4.98 Å². The average molecular weight is 315 g/mol. The Balaban J connectivity index is 2.27. The Morgan fingerprint density at radius 3 is 2.42 bits per heavy atom. The fourth-order valence-corrected chi connectivity index (χ4v) is 2.68. The van der Waals surface area contributed by atoms with E-state index in [1.165, 1.54) is 6.07 Å². The smallest absolute Gasteiger partial charge is 0.133 e. The zero-order valence-electron chi connectivity index (χ0n) is 9.48. The molecule has 0 amide bonds. The van der Waals surface area contributed by atoms with Crippen LogP contribution in [0.1, 0.15) is 0 Å². The Morgan fingerprint density at radius 1 is 0.895 bits per heavy atom. The molecule has 0 saturated heterocycles. The molecule has 0 aliphatic carbocycles. The van der Waals surface area contributed by atoms with Gasteiger partial charge in [0.05, 0.1) is 10.0 Å². The largest absolute Gasteiger partial charge is 0.361 e. The van der Waals surface area contributed by atoms with Crippen molar-refractivity contribution in [1.29, 1.82) is 0 Å². The van der Waals surface area contributed by atoms with Gasteiger partial charge in [-0.25, -0.2) is 4.39 Å². The summed E-state index contributed by atoms with van der Waals surface area (Å²) in [6, 6.07) is 8.13. The first-order chi connectivity index (χ1) is 9.06. The molecule has 0 fully saturated rings. The third-order valence-electron chi connectivity index (χ3n) is 2.94. The normalized spacial score (nSPS) is 11.2. The minimum Gasteiger partial charge on any atom is -0.361 e.